The molecule has 4 fully saturated rings. The number of rotatable bonds is 5. The molecule has 0 aromatic carbocycles. The van der Waals surface area contributed by atoms with Crippen molar-refractivity contribution < 1.29 is 4.79 Å². The lowest BCUT2D eigenvalue weighted by molar-refractivity contribution is -0.129. The molecule has 2 atom stereocenters. The van der Waals surface area contributed by atoms with Crippen LogP contribution in [-0.2, 0) is 4.79 Å². The summed E-state index contributed by atoms with van der Waals surface area (Å²) < 4.78 is 0. The van der Waals surface area contributed by atoms with Gasteiger partial charge in [0.25, 0.3) is 0 Å². The summed E-state index contributed by atoms with van der Waals surface area (Å²) in [4.78, 5) is 12.0. The van der Waals surface area contributed by atoms with Gasteiger partial charge in [0, 0.05) is 12.1 Å². The highest BCUT2D eigenvalue weighted by Gasteiger charge is 2.59. The zero-order chi connectivity index (χ0) is 15.3. The predicted molar refractivity (Wildman–Crippen MR) is 86.0 cm³/mol. The maximum atomic E-state index is 12.0. The highest BCUT2D eigenvalue weighted by molar-refractivity contribution is 5.78. The fraction of sp³-hybridized carbons (Fsp3) is 0.944. The minimum absolute atomic E-state index is 0.162. The fourth-order valence-corrected chi connectivity index (χ4v) is 6.29. The Morgan fingerprint density at radius 2 is 1.71 bits per heavy atom. The highest BCUT2D eigenvalue weighted by atomic mass is 16.1. The van der Waals surface area contributed by atoms with Crippen molar-refractivity contribution in [3.05, 3.63) is 0 Å². The normalized spacial score (nSPS) is 44.3. The van der Waals surface area contributed by atoms with Gasteiger partial charge in [-0.15, -0.1) is 0 Å². The third-order valence-electron chi connectivity index (χ3n) is 5.96. The van der Waals surface area contributed by atoms with Crippen molar-refractivity contribution in [1.29, 1.82) is 0 Å². The molecule has 3 nitrogen and oxygen atoms in total. The number of hydrogen-bond acceptors (Lipinski definition) is 2. The van der Waals surface area contributed by atoms with E-state index in [9.17, 15) is 4.79 Å². The Kier molecular flexibility index (Phi) is 3.63. The van der Waals surface area contributed by atoms with Crippen molar-refractivity contribution in [2.75, 3.05) is 13.1 Å². The number of hydrogen-bond donors (Lipinski definition) is 2. The van der Waals surface area contributed by atoms with Crippen LogP contribution in [0.25, 0.3) is 0 Å². The molecule has 0 aromatic heterocycles. The van der Waals surface area contributed by atoms with Crippen LogP contribution in [0.1, 0.15) is 66.2 Å². The largest absolute Gasteiger partial charge is 0.355 e. The smallest absolute Gasteiger partial charge is 0.233 e. The molecule has 4 aliphatic carbocycles. The van der Waals surface area contributed by atoms with Crippen LogP contribution in [0.4, 0.5) is 0 Å². The molecule has 4 rings (SSSR count). The van der Waals surface area contributed by atoms with E-state index in [2.05, 4.69) is 38.3 Å². The summed E-state index contributed by atoms with van der Waals surface area (Å²) in [5.41, 5.74) is 1.25. The Morgan fingerprint density at radius 1 is 1.10 bits per heavy atom. The Balaban J connectivity index is 1.61. The number of amides is 1. The summed E-state index contributed by atoms with van der Waals surface area (Å²) in [5, 5.41) is 6.72. The molecule has 0 radical (unpaired) electrons. The topological polar surface area (TPSA) is 41.1 Å². The molecular weight excluding hydrogens is 260 g/mol. The van der Waals surface area contributed by atoms with Crippen LogP contribution >= 0.6 is 0 Å². The van der Waals surface area contributed by atoms with E-state index in [1.807, 2.05) is 0 Å². The second kappa shape index (κ2) is 4.97. The Hall–Kier alpha value is -0.570. The molecule has 120 valence electrons. The molecule has 0 aliphatic heterocycles. The van der Waals surface area contributed by atoms with E-state index >= 15 is 0 Å². The van der Waals surface area contributed by atoms with Gasteiger partial charge < -0.3 is 10.6 Å². The van der Waals surface area contributed by atoms with Crippen molar-refractivity contribution in [2.24, 2.45) is 22.7 Å². The summed E-state index contributed by atoms with van der Waals surface area (Å²) in [6.45, 7) is 10.5. The van der Waals surface area contributed by atoms with Crippen molar-refractivity contribution in [3.63, 3.8) is 0 Å². The van der Waals surface area contributed by atoms with Crippen molar-refractivity contribution in [1.82, 2.24) is 10.6 Å². The lowest BCUT2D eigenvalue weighted by Crippen LogP contribution is -2.65. The van der Waals surface area contributed by atoms with E-state index in [-0.39, 0.29) is 11.4 Å². The van der Waals surface area contributed by atoms with Gasteiger partial charge >= 0.3 is 0 Å². The summed E-state index contributed by atoms with van der Waals surface area (Å²) in [5.74, 6) is 1.56. The van der Waals surface area contributed by atoms with Gasteiger partial charge in [0.15, 0.2) is 0 Å². The van der Waals surface area contributed by atoms with E-state index in [1.54, 1.807) is 0 Å². The standard InChI is InChI=1S/C18H32N2O/c1-13(2)8-19-15(21)9-20-18-7-14-5-16(3,11-18)10-17(4,6-14)12-18/h13-14,20H,5-12H2,1-4H3,(H,19,21). The number of nitrogens with one attached hydrogen (secondary N) is 2. The van der Waals surface area contributed by atoms with Gasteiger partial charge in [-0.25, -0.2) is 0 Å². The average molecular weight is 292 g/mol. The van der Waals surface area contributed by atoms with E-state index in [4.69, 9.17) is 0 Å². The summed E-state index contributed by atoms with van der Waals surface area (Å²) >= 11 is 0. The average Bonchev–Trinajstić information content (AvgIpc) is 2.29. The van der Waals surface area contributed by atoms with E-state index in [0.29, 0.717) is 23.3 Å². The van der Waals surface area contributed by atoms with Gasteiger partial charge in [0.05, 0.1) is 6.54 Å². The first-order valence-corrected chi connectivity index (χ1v) is 8.73. The molecule has 0 spiro atoms. The lowest BCUT2D eigenvalue weighted by atomic mass is 9.43. The maximum absolute atomic E-state index is 12.0. The highest BCUT2D eigenvalue weighted by Crippen LogP contribution is 2.66. The monoisotopic (exact) mass is 292 g/mol. The van der Waals surface area contributed by atoms with Gasteiger partial charge in [0.1, 0.15) is 0 Å². The van der Waals surface area contributed by atoms with E-state index < -0.39 is 0 Å². The van der Waals surface area contributed by atoms with Gasteiger partial charge in [-0.2, -0.15) is 0 Å². The molecule has 0 heterocycles. The summed E-state index contributed by atoms with van der Waals surface area (Å²) in [7, 11) is 0. The second-order valence-electron chi connectivity index (χ2n) is 9.46. The first kappa shape index (κ1) is 15.3. The fourth-order valence-electron chi connectivity index (χ4n) is 6.29. The Morgan fingerprint density at radius 3 is 2.24 bits per heavy atom. The van der Waals surface area contributed by atoms with Gasteiger partial charge in [-0.1, -0.05) is 27.7 Å². The molecule has 3 heteroatoms. The predicted octanol–water partition coefficient (Wildman–Crippen LogP) is 3.10. The van der Waals surface area contributed by atoms with Crippen LogP contribution in [0.2, 0.25) is 0 Å². The molecular formula is C18H32N2O. The van der Waals surface area contributed by atoms with E-state index in [0.717, 1.165) is 12.5 Å². The Bertz CT molecular complexity index is 413. The summed E-state index contributed by atoms with van der Waals surface area (Å²) in [6, 6.07) is 0. The minimum atomic E-state index is 0.162. The number of carbonyl (C=O) groups excluding carboxylic acids is 1. The second-order valence-corrected chi connectivity index (χ2v) is 9.46. The van der Waals surface area contributed by atoms with Gasteiger partial charge in [0.2, 0.25) is 5.91 Å². The van der Waals surface area contributed by atoms with Crippen molar-refractivity contribution in [3.8, 4) is 0 Å². The van der Waals surface area contributed by atoms with Crippen LogP contribution in [0.3, 0.4) is 0 Å². The third-order valence-corrected chi connectivity index (χ3v) is 5.96. The first-order chi connectivity index (χ1) is 9.72. The first-order valence-electron chi connectivity index (χ1n) is 8.73. The van der Waals surface area contributed by atoms with Crippen LogP contribution in [0.5, 0.6) is 0 Å². The SMILES string of the molecule is CC(C)CNC(=O)CNC12CC3CC(C)(CC(C)(C3)C1)C2. The van der Waals surface area contributed by atoms with Crippen LogP contribution < -0.4 is 10.6 Å². The molecule has 21 heavy (non-hydrogen) atoms. The molecule has 4 bridgehead atoms. The summed E-state index contributed by atoms with van der Waals surface area (Å²) in [6.07, 6.45) is 8.03. The zero-order valence-electron chi connectivity index (χ0n) is 14.2. The quantitative estimate of drug-likeness (QED) is 0.817. The van der Waals surface area contributed by atoms with Crippen LogP contribution in [-0.4, -0.2) is 24.5 Å². The van der Waals surface area contributed by atoms with E-state index in [1.165, 1.54) is 38.5 Å². The van der Waals surface area contributed by atoms with Gasteiger partial charge in [-0.3, -0.25) is 4.79 Å². The van der Waals surface area contributed by atoms with Crippen LogP contribution in [0.15, 0.2) is 0 Å². The number of carbonyl (C=O) groups is 1. The zero-order valence-corrected chi connectivity index (χ0v) is 14.2. The molecule has 1 amide bonds. The molecule has 0 aromatic rings. The lowest BCUT2D eigenvalue weighted by Gasteiger charge is -2.65. The molecule has 0 saturated heterocycles. The van der Waals surface area contributed by atoms with Gasteiger partial charge in [-0.05, 0) is 61.2 Å². The Labute approximate surface area is 129 Å². The molecule has 4 saturated carbocycles. The minimum Gasteiger partial charge on any atom is -0.355 e. The van der Waals surface area contributed by atoms with Crippen molar-refractivity contribution >= 4 is 5.91 Å². The third kappa shape index (κ3) is 3.13. The molecule has 2 unspecified atom stereocenters. The van der Waals surface area contributed by atoms with Crippen molar-refractivity contribution in [2.45, 2.75) is 71.8 Å². The molecule has 2 N–H and O–H groups in total. The maximum Gasteiger partial charge on any atom is 0.233 e. The molecule has 4 aliphatic rings. The van der Waals surface area contributed by atoms with Crippen LogP contribution in [0, 0.1) is 22.7 Å².